The lowest BCUT2D eigenvalue weighted by Gasteiger charge is -2.16. The Morgan fingerprint density at radius 3 is 2.16 bits per heavy atom. The van der Waals surface area contributed by atoms with Crippen molar-refractivity contribution in [2.24, 2.45) is 0 Å². The monoisotopic (exact) mass is 274 g/mol. The molecule has 0 N–H and O–H groups in total. The second kappa shape index (κ2) is 10.6. The van der Waals surface area contributed by atoms with Crippen LogP contribution in [0, 0.1) is 0 Å². The molecule has 0 aromatic heterocycles. The molecule has 0 radical (unpaired) electrons. The number of unbranched alkanes of at least 4 members (excludes halogenated alkanes) is 4. The van der Waals surface area contributed by atoms with Crippen LogP contribution in [-0.2, 0) is 19.0 Å². The fourth-order valence-electron chi connectivity index (χ4n) is 1.68. The first kappa shape index (κ1) is 17.7. The molecule has 0 rings (SSSR count). The van der Waals surface area contributed by atoms with E-state index in [9.17, 15) is 9.59 Å². The molecule has 2 atom stereocenters. The molecule has 0 bridgehead atoms. The maximum Gasteiger partial charge on any atom is 0.511 e. The molecular formula is C14H26O5. The highest BCUT2D eigenvalue weighted by molar-refractivity contribution is 5.66. The fourth-order valence-corrected chi connectivity index (χ4v) is 1.68. The second-order valence-corrected chi connectivity index (χ2v) is 4.68. The minimum absolute atomic E-state index is 0.182. The molecule has 112 valence electrons. The van der Waals surface area contributed by atoms with Crippen LogP contribution < -0.4 is 0 Å². The normalized spacial score (nSPS) is 13.5. The van der Waals surface area contributed by atoms with Crippen LogP contribution in [0.25, 0.3) is 0 Å². The van der Waals surface area contributed by atoms with Crippen molar-refractivity contribution >= 4 is 12.1 Å². The van der Waals surface area contributed by atoms with Gasteiger partial charge in [-0.1, -0.05) is 32.6 Å². The van der Waals surface area contributed by atoms with Crippen molar-refractivity contribution in [2.45, 2.75) is 78.6 Å². The standard InChI is InChI=1S/C14H26O5/c1-5-6-7-8-9-10-11(2)17-14(16)19-13(4)18-12(3)15/h11,13H,5-10H2,1-4H3. The summed E-state index contributed by atoms with van der Waals surface area (Å²) in [5, 5.41) is 0. The summed E-state index contributed by atoms with van der Waals surface area (Å²) in [6.07, 6.45) is 4.80. The lowest BCUT2D eigenvalue weighted by molar-refractivity contribution is -0.166. The third-order valence-electron chi connectivity index (χ3n) is 2.61. The number of hydrogen-bond donors (Lipinski definition) is 0. The summed E-state index contributed by atoms with van der Waals surface area (Å²) >= 11 is 0. The Labute approximate surface area is 115 Å². The minimum Gasteiger partial charge on any atom is -0.431 e. The summed E-state index contributed by atoms with van der Waals surface area (Å²) in [5.41, 5.74) is 0. The van der Waals surface area contributed by atoms with E-state index in [1.54, 1.807) is 0 Å². The number of carbonyl (C=O) groups excluding carboxylic acids is 2. The van der Waals surface area contributed by atoms with Crippen LogP contribution in [0.5, 0.6) is 0 Å². The van der Waals surface area contributed by atoms with E-state index in [1.165, 1.54) is 33.1 Å². The highest BCUT2D eigenvalue weighted by Gasteiger charge is 2.15. The molecule has 0 aromatic carbocycles. The maximum atomic E-state index is 11.3. The number of rotatable bonds is 9. The van der Waals surface area contributed by atoms with E-state index < -0.39 is 18.4 Å². The topological polar surface area (TPSA) is 61.8 Å². The molecule has 0 saturated heterocycles. The molecule has 0 spiro atoms. The van der Waals surface area contributed by atoms with E-state index in [4.69, 9.17) is 9.47 Å². The van der Waals surface area contributed by atoms with Gasteiger partial charge in [-0.15, -0.1) is 0 Å². The zero-order valence-electron chi connectivity index (χ0n) is 12.4. The number of carbonyl (C=O) groups is 2. The summed E-state index contributed by atoms with van der Waals surface area (Å²) in [6, 6.07) is 0. The minimum atomic E-state index is -0.915. The summed E-state index contributed by atoms with van der Waals surface area (Å²) in [5.74, 6) is -0.496. The van der Waals surface area contributed by atoms with Gasteiger partial charge in [0.2, 0.25) is 6.29 Å². The summed E-state index contributed by atoms with van der Waals surface area (Å²) in [4.78, 5) is 22.0. The van der Waals surface area contributed by atoms with E-state index in [2.05, 4.69) is 11.7 Å². The highest BCUT2D eigenvalue weighted by atomic mass is 16.8. The SMILES string of the molecule is CCCCCCCC(C)OC(=O)OC(C)OC(C)=O. The van der Waals surface area contributed by atoms with Gasteiger partial charge in [0.1, 0.15) is 6.10 Å². The van der Waals surface area contributed by atoms with Crippen molar-refractivity contribution in [3.8, 4) is 0 Å². The van der Waals surface area contributed by atoms with Crippen LogP contribution in [0.2, 0.25) is 0 Å². The Morgan fingerprint density at radius 1 is 0.947 bits per heavy atom. The number of esters is 1. The van der Waals surface area contributed by atoms with Crippen LogP contribution in [0.1, 0.15) is 66.2 Å². The highest BCUT2D eigenvalue weighted by Crippen LogP contribution is 2.10. The Hall–Kier alpha value is -1.26. The van der Waals surface area contributed by atoms with Crippen molar-refractivity contribution < 1.29 is 23.8 Å². The van der Waals surface area contributed by atoms with E-state index >= 15 is 0 Å². The van der Waals surface area contributed by atoms with Crippen LogP contribution in [0.4, 0.5) is 4.79 Å². The van der Waals surface area contributed by atoms with Crippen molar-refractivity contribution in [1.82, 2.24) is 0 Å². The summed E-state index contributed by atoms with van der Waals surface area (Å²) < 4.78 is 14.5. The molecule has 0 aliphatic heterocycles. The maximum absolute atomic E-state index is 11.3. The molecule has 0 amide bonds. The second-order valence-electron chi connectivity index (χ2n) is 4.68. The Bertz CT molecular complexity index is 265. The Kier molecular flexibility index (Phi) is 9.94. The van der Waals surface area contributed by atoms with Gasteiger partial charge in [-0.3, -0.25) is 4.79 Å². The molecule has 0 saturated carbocycles. The molecular weight excluding hydrogens is 248 g/mol. The summed E-state index contributed by atoms with van der Waals surface area (Å²) in [7, 11) is 0. The zero-order valence-corrected chi connectivity index (χ0v) is 12.4. The smallest absolute Gasteiger partial charge is 0.431 e. The van der Waals surface area contributed by atoms with Gasteiger partial charge < -0.3 is 14.2 Å². The lowest BCUT2D eigenvalue weighted by Crippen LogP contribution is -2.23. The number of ether oxygens (including phenoxy) is 3. The fraction of sp³-hybridized carbons (Fsp3) is 0.857. The Morgan fingerprint density at radius 2 is 1.58 bits per heavy atom. The number of hydrogen-bond acceptors (Lipinski definition) is 5. The van der Waals surface area contributed by atoms with Crippen molar-refractivity contribution in [1.29, 1.82) is 0 Å². The molecule has 5 nitrogen and oxygen atoms in total. The van der Waals surface area contributed by atoms with Crippen LogP contribution in [0.15, 0.2) is 0 Å². The average Bonchev–Trinajstić information content (AvgIpc) is 2.26. The zero-order chi connectivity index (χ0) is 14.7. The van der Waals surface area contributed by atoms with Crippen molar-refractivity contribution in [2.75, 3.05) is 0 Å². The summed E-state index contributed by atoms with van der Waals surface area (Å²) in [6.45, 7) is 6.73. The Balaban J connectivity index is 3.65. The predicted octanol–water partition coefficient (Wildman–Crippen LogP) is 3.80. The average molecular weight is 274 g/mol. The largest absolute Gasteiger partial charge is 0.511 e. The first-order valence-corrected chi connectivity index (χ1v) is 7.00. The van der Waals surface area contributed by atoms with E-state index in [-0.39, 0.29) is 6.10 Å². The third kappa shape index (κ3) is 11.6. The molecule has 0 aromatic rings. The van der Waals surface area contributed by atoms with Gasteiger partial charge in [-0.05, 0) is 19.8 Å². The first-order valence-electron chi connectivity index (χ1n) is 7.00. The quantitative estimate of drug-likeness (QED) is 0.363. The molecule has 0 aliphatic rings. The molecule has 2 unspecified atom stereocenters. The van der Waals surface area contributed by atoms with Gasteiger partial charge in [0.05, 0.1) is 0 Å². The molecule has 0 heterocycles. The first-order chi connectivity index (χ1) is 8.95. The lowest BCUT2D eigenvalue weighted by atomic mass is 10.1. The third-order valence-corrected chi connectivity index (χ3v) is 2.61. The molecule has 5 heteroatoms. The van der Waals surface area contributed by atoms with Crippen molar-refractivity contribution in [3.05, 3.63) is 0 Å². The van der Waals surface area contributed by atoms with Crippen LogP contribution >= 0.6 is 0 Å². The van der Waals surface area contributed by atoms with Gasteiger partial charge in [-0.25, -0.2) is 4.79 Å². The van der Waals surface area contributed by atoms with E-state index in [0.717, 1.165) is 19.3 Å². The van der Waals surface area contributed by atoms with Gasteiger partial charge in [0.15, 0.2) is 0 Å². The molecule has 0 aliphatic carbocycles. The molecule has 19 heavy (non-hydrogen) atoms. The van der Waals surface area contributed by atoms with Crippen LogP contribution in [0.3, 0.4) is 0 Å². The van der Waals surface area contributed by atoms with E-state index in [0.29, 0.717) is 0 Å². The van der Waals surface area contributed by atoms with Crippen LogP contribution in [-0.4, -0.2) is 24.5 Å². The van der Waals surface area contributed by atoms with Gasteiger partial charge >= 0.3 is 12.1 Å². The molecule has 0 fully saturated rings. The predicted molar refractivity (Wildman–Crippen MR) is 71.6 cm³/mol. The van der Waals surface area contributed by atoms with Gasteiger partial charge in [-0.2, -0.15) is 0 Å². The van der Waals surface area contributed by atoms with Gasteiger partial charge in [0.25, 0.3) is 0 Å². The van der Waals surface area contributed by atoms with Gasteiger partial charge in [0, 0.05) is 13.8 Å². The van der Waals surface area contributed by atoms with E-state index in [1.807, 2.05) is 6.92 Å². The van der Waals surface area contributed by atoms with Crippen molar-refractivity contribution in [3.63, 3.8) is 0 Å².